The largest absolute Gasteiger partial charge is 0.341 e. The SMILES string of the molecule is CCC(NC(=O)C(=O)N1CCCCCC1)c1ccc2c(c1)CCCC2. The lowest BCUT2D eigenvalue weighted by Gasteiger charge is -2.24. The summed E-state index contributed by atoms with van der Waals surface area (Å²) in [6.07, 6.45) is 9.89. The van der Waals surface area contributed by atoms with Crippen molar-refractivity contribution >= 4 is 11.8 Å². The van der Waals surface area contributed by atoms with Crippen LogP contribution in [0.25, 0.3) is 0 Å². The summed E-state index contributed by atoms with van der Waals surface area (Å²) in [6, 6.07) is 6.47. The van der Waals surface area contributed by atoms with Crippen LogP contribution in [-0.2, 0) is 22.4 Å². The van der Waals surface area contributed by atoms with Gasteiger partial charge in [-0.25, -0.2) is 0 Å². The van der Waals surface area contributed by atoms with E-state index in [1.165, 1.54) is 24.0 Å². The van der Waals surface area contributed by atoms with Gasteiger partial charge < -0.3 is 10.2 Å². The van der Waals surface area contributed by atoms with Crippen LogP contribution in [-0.4, -0.2) is 29.8 Å². The fourth-order valence-corrected chi connectivity index (χ4v) is 4.03. The van der Waals surface area contributed by atoms with Gasteiger partial charge in [0, 0.05) is 13.1 Å². The third kappa shape index (κ3) is 4.42. The van der Waals surface area contributed by atoms with Crippen molar-refractivity contribution in [3.63, 3.8) is 0 Å². The summed E-state index contributed by atoms with van der Waals surface area (Å²) >= 11 is 0. The Morgan fingerprint density at radius 2 is 1.68 bits per heavy atom. The molecule has 1 aliphatic heterocycles. The van der Waals surface area contributed by atoms with Gasteiger partial charge in [-0.3, -0.25) is 9.59 Å². The standard InChI is InChI=1S/C21H30N2O2/c1-2-19(18-12-11-16-9-5-6-10-17(16)15-18)22-20(24)21(25)23-13-7-3-4-8-14-23/h11-12,15,19H,2-10,13-14H2,1H3,(H,22,24). The van der Waals surface area contributed by atoms with Crippen LogP contribution >= 0.6 is 0 Å². The number of fused-ring (bicyclic) bond motifs is 1. The molecule has 1 aromatic rings. The van der Waals surface area contributed by atoms with E-state index in [1.807, 2.05) is 0 Å². The van der Waals surface area contributed by atoms with E-state index in [1.54, 1.807) is 4.90 Å². The Bertz CT molecular complexity index is 618. The van der Waals surface area contributed by atoms with Crippen molar-refractivity contribution < 1.29 is 9.59 Å². The zero-order valence-corrected chi connectivity index (χ0v) is 15.4. The molecular formula is C21H30N2O2. The molecule has 0 spiro atoms. The van der Waals surface area contributed by atoms with Gasteiger partial charge in [0.05, 0.1) is 6.04 Å². The summed E-state index contributed by atoms with van der Waals surface area (Å²) in [5.41, 5.74) is 3.98. The lowest BCUT2D eigenvalue weighted by molar-refractivity contribution is -0.146. The Morgan fingerprint density at radius 3 is 2.36 bits per heavy atom. The number of carbonyl (C=O) groups is 2. The molecule has 2 amide bonds. The highest BCUT2D eigenvalue weighted by molar-refractivity contribution is 6.35. The molecule has 2 aliphatic rings. The zero-order valence-electron chi connectivity index (χ0n) is 15.4. The molecule has 1 N–H and O–H groups in total. The van der Waals surface area contributed by atoms with E-state index in [0.29, 0.717) is 13.1 Å². The van der Waals surface area contributed by atoms with Crippen LogP contribution in [0.2, 0.25) is 0 Å². The van der Waals surface area contributed by atoms with Crippen LogP contribution in [0.15, 0.2) is 18.2 Å². The highest BCUT2D eigenvalue weighted by atomic mass is 16.2. The van der Waals surface area contributed by atoms with Gasteiger partial charge in [-0.1, -0.05) is 38.0 Å². The summed E-state index contributed by atoms with van der Waals surface area (Å²) in [6.45, 7) is 3.48. The van der Waals surface area contributed by atoms with Gasteiger partial charge in [-0.05, 0) is 61.6 Å². The Balaban J connectivity index is 1.66. The Hall–Kier alpha value is -1.84. The predicted molar refractivity (Wildman–Crippen MR) is 99.3 cm³/mol. The van der Waals surface area contributed by atoms with Crippen LogP contribution in [0.4, 0.5) is 0 Å². The summed E-state index contributed by atoms with van der Waals surface area (Å²) < 4.78 is 0. The number of likely N-dealkylation sites (tertiary alicyclic amines) is 1. The number of benzene rings is 1. The highest BCUT2D eigenvalue weighted by Gasteiger charge is 2.25. The molecule has 25 heavy (non-hydrogen) atoms. The van der Waals surface area contributed by atoms with Gasteiger partial charge in [0.15, 0.2) is 0 Å². The predicted octanol–water partition coefficient (Wildman–Crippen LogP) is 3.54. The van der Waals surface area contributed by atoms with E-state index >= 15 is 0 Å². The van der Waals surface area contributed by atoms with E-state index in [0.717, 1.165) is 50.5 Å². The maximum atomic E-state index is 12.5. The van der Waals surface area contributed by atoms with Crippen LogP contribution in [0.5, 0.6) is 0 Å². The number of aryl methyl sites for hydroxylation is 2. The summed E-state index contributed by atoms with van der Waals surface area (Å²) in [5, 5.41) is 2.98. The van der Waals surface area contributed by atoms with Gasteiger partial charge >= 0.3 is 11.8 Å². The maximum Gasteiger partial charge on any atom is 0.311 e. The number of hydrogen-bond donors (Lipinski definition) is 1. The van der Waals surface area contributed by atoms with Crippen molar-refractivity contribution in [1.29, 1.82) is 0 Å². The molecular weight excluding hydrogens is 312 g/mol. The molecule has 1 saturated heterocycles. The first-order valence-electron chi connectivity index (χ1n) is 9.90. The first kappa shape index (κ1) is 18.0. The smallest absolute Gasteiger partial charge is 0.311 e. The van der Waals surface area contributed by atoms with Crippen molar-refractivity contribution in [3.8, 4) is 0 Å². The van der Waals surface area contributed by atoms with Gasteiger partial charge in [-0.2, -0.15) is 0 Å². The maximum absolute atomic E-state index is 12.5. The number of hydrogen-bond acceptors (Lipinski definition) is 2. The lowest BCUT2D eigenvalue weighted by atomic mass is 9.89. The second-order valence-electron chi connectivity index (χ2n) is 7.38. The minimum absolute atomic E-state index is 0.0874. The normalized spacial score (nSPS) is 18.8. The van der Waals surface area contributed by atoms with Crippen LogP contribution in [0, 0.1) is 0 Å². The van der Waals surface area contributed by atoms with Crippen LogP contribution < -0.4 is 5.32 Å². The number of rotatable bonds is 3. The van der Waals surface area contributed by atoms with Crippen molar-refractivity contribution in [2.45, 2.75) is 70.8 Å². The van der Waals surface area contributed by atoms with E-state index < -0.39 is 5.91 Å². The third-order valence-corrected chi connectivity index (χ3v) is 5.58. The van der Waals surface area contributed by atoms with E-state index in [-0.39, 0.29) is 11.9 Å². The van der Waals surface area contributed by atoms with E-state index in [4.69, 9.17) is 0 Å². The average Bonchev–Trinajstić information content (AvgIpc) is 2.94. The van der Waals surface area contributed by atoms with E-state index in [9.17, 15) is 9.59 Å². The number of carbonyl (C=O) groups excluding carboxylic acids is 2. The first-order chi connectivity index (χ1) is 12.2. The van der Waals surface area contributed by atoms with Gasteiger partial charge in [0.25, 0.3) is 0 Å². The summed E-state index contributed by atoms with van der Waals surface area (Å²) in [5.74, 6) is -0.815. The lowest BCUT2D eigenvalue weighted by Crippen LogP contribution is -2.44. The molecule has 1 aromatic carbocycles. The quantitative estimate of drug-likeness (QED) is 0.854. The molecule has 1 heterocycles. The number of nitrogens with zero attached hydrogens (tertiary/aromatic N) is 1. The Kier molecular flexibility index (Phi) is 6.11. The Morgan fingerprint density at radius 1 is 1.00 bits per heavy atom. The second kappa shape index (κ2) is 8.50. The molecule has 4 heteroatoms. The molecule has 0 bridgehead atoms. The third-order valence-electron chi connectivity index (χ3n) is 5.58. The molecule has 1 fully saturated rings. The summed E-state index contributed by atoms with van der Waals surface area (Å²) in [4.78, 5) is 26.7. The number of nitrogens with one attached hydrogen (secondary N) is 1. The van der Waals surface area contributed by atoms with Gasteiger partial charge in [0.2, 0.25) is 0 Å². The molecule has 0 radical (unpaired) electrons. The molecule has 1 aliphatic carbocycles. The van der Waals surface area contributed by atoms with Crippen molar-refractivity contribution in [1.82, 2.24) is 10.2 Å². The number of amides is 2. The molecule has 136 valence electrons. The zero-order chi connectivity index (χ0) is 17.6. The van der Waals surface area contributed by atoms with Crippen molar-refractivity contribution in [2.24, 2.45) is 0 Å². The van der Waals surface area contributed by atoms with E-state index in [2.05, 4.69) is 30.4 Å². The van der Waals surface area contributed by atoms with Gasteiger partial charge in [0.1, 0.15) is 0 Å². The molecule has 3 rings (SSSR count). The fraction of sp³-hybridized carbons (Fsp3) is 0.619. The minimum atomic E-state index is -0.452. The van der Waals surface area contributed by atoms with Crippen LogP contribution in [0.3, 0.4) is 0 Å². The molecule has 4 nitrogen and oxygen atoms in total. The minimum Gasteiger partial charge on any atom is -0.341 e. The van der Waals surface area contributed by atoms with Crippen molar-refractivity contribution in [3.05, 3.63) is 34.9 Å². The summed E-state index contributed by atoms with van der Waals surface area (Å²) in [7, 11) is 0. The molecule has 1 atom stereocenters. The first-order valence-corrected chi connectivity index (χ1v) is 9.90. The van der Waals surface area contributed by atoms with Crippen molar-refractivity contribution in [2.75, 3.05) is 13.1 Å². The highest BCUT2D eigenvalue weighted by Crippen LogP contribution is 2.26. The fourth-order valence-electron chi connectivity index (χ4n) is 4.03. The molecule has 0 saturated carbocycles. The van der Waals surface area contributed by atoms with Gasteiger partial charge in [-0.15, -0.1) is 0 Å². The van der Waals surface area contributed by atoms with Crippen LogP contribution in [0.1, 0.15) is 74.6 Å². The molecule has 1 unspecified atom stereocenters. The topological polar surface area (TPSA) is 49.4 Å². The molecule has 0 aromatic heterocycles. The second-order valence-corrected chi connectivity index (χ2v) is 7.38. The Labute approximate surface area is 151 Å². The average molecular weight is 342 g/mol. The monoisotopic (exact) mass is 342 g/mol.